The Morgan fingerprint density at radius 1 is 1.09 bits per heavy atom. The summed E-state index contributed by atoms with van der Waals surface area (Å²) in [4.78, 5) is 4.39. The molecule has 1 aliphatic heterocycles. The number of hydrogen-bond acceptors (Lipinski definition) is 3. The molecule has 3 nitrogen and oxygen atoms in total. The Balaban J connectivity index is 1.78. The van der Waals surface area contributed by atoms with Gasteiger partial charge in [-0.2, -0.15) is 13.2 Å². The van der Waals surface area contributed by atoms with E-state index in [9.17, 15) is 13.2 Å². The van der Waals surface area contributed by atoms with Gasteiger partial charge in [-0.1, -0.05) is 56.3 Å². The Bertz CT molecular complexity index is 943. The lowest BCUT2D eigenvalue weighted by molar-refractivity contribution is -0.138. The molecule has 0 radical (unpaired) electrons. The van der Waals surface area contributed by atoms with Crippen LogP contribution in [0.25, 0.3) is 5.70 Å². The van der Waals surface area contributed by atoms with Crippen LogP contribution in [-0.2, 0) is 30.2 Å². The van der Waals surface area contributed by atoms with Gasteiger partial charge in [0.15, 0.2) is 0 Å². The van der Waals surface area contributed by atoms with Crippen molar-refractivity contribution in [1.82, 2.24) is 5.32 Å². The third kappa shape index (κ3) is 6.22. The number of nitrogens with one attached hydrogen (secondary N) is 1. The second kappa shape index (κ2) is 10.8. The summed E-state index contributed by atoms with van der Waals surface area (Å²) in [6.07, 6.45) is 0.382. The first-order chi connectivity index (χ1) is 15.3. The van der Waals surface area contributed by atoms with Gasteiger partial charge in [0.05, 0.1) is 24.4 Å². The standard InChI is InChI=1S/C26H31F3N2O/c1-4-6-19-8-10-20(11-9-19)12-13-21-14-15-22(17-23(21)26(27,28)29)18(2)31-25(32-3)24-7-5-16-30-24/h8-11,14-15,17,24,30H,2,4-7,12-13,16H2,1,3H3. The second-order valence-corrected chi connectivity index (χ2v) is 8.19. The van der Waals surface area contributed by atoms with Crippen LogP contribution in [0.3, 0.4) is 0 Å². The van der Waals surface area contributed by atoms with Gasteiger partial charge in [-0.25, -0.2) is 4.99 Å². The van der Waals surface area contributed by atoms with E-state index in [2.05, 4.69) is 35.9 Å². The fraction of sp³-hybridized carbons (Fsp3) is 0.423. The van der Waals surface area contributed by atoms with Gasteiger partial charge < -0.3 is 10.1 Å². The maximum absolute atomic E-state index is 13.8. The lowest BCUT2D eigenvalue weighted by Gasteiger charge is -2.16. The highest BCUT2D eigenvalue weighted by molar-refractivity contribution is 5.87. The predicted octanol–water partition coefficient (Wildman–Crippen LogP) is 6.21. The number of rotatable bonds is 8. The molecule has 0 amide bonds. The third-order valence-corrected chi connectivity index (χ3v) is 5.81. The summed E-state index contributed by atoms with van der Waals surface area (Å²) in [5, 5.41) is 3.27. The SMILES string of the molecule is C=C(N=C(OC)C1CCCN1)c1ccc(CCc2ccc(CCC)cc2)c(C(F)(F)F)c1. The lowest BCUT2D eigenvalue weighted by Crippen LogP contribution is -2.31. The molecule has 1 atom stereocenters. The van der Waals surface area contributed by atoms with Crippen molar-refractivity contribution in [1.29, 1.82) is 0 Å². The number of aliphatic imine (C=N–C) groups is 1. The van der Waals surface area contributed by atoms with Gasteiger partial charge in [-0.15, -0.1) is 0 Å². The largest absolute Gasteiger partial charge is 0.483 e. The second-order valence-electron chi connectivity index (χ2n) is 8.19. The van der Waals surface area contributed by atoms with Crippen molar-refractivity contribution in [3.05, 3.63) is 76.9 Å². The highest BCUT2D eigenvalue weighted by Gasteiger charge is 2.33. The summed E-state index contributed by atoms with van der Waals surface area (Å²) in [5.41, 5.74) is 2.53. The minimum Gasteiger partial charge on any atom is -0.483 e. The minimum absolute atomic E-state index is 0.0261. The molecule has 1 heterocycles. The molecule has 0 bridgehead atoms. The molecular formula is C26H31F3N2O. The number of nitrogens with zero attached hydrogens (tertiary/aromatic N) is 1. The van der Waals surface area contributed by atoms with Crippen LogP contribution in [0.4, 0.5) is 13.2 Å². The topological polar surface area (TPSA) is 33.6 Å². The van der Waals surface area contributed by atoms with E-state index in [1.54, 1.807) is 12.1 Å². The molecule has 1 N–H and O–H groups in total. The van der Waals surface area contributed by atoms with Gasteiger partial charge in [-0.05, 0) is 61.4 Å². The van der Waals surface area contributed by atoms with Gasteiger partial charge >= 0.3 is 6.18 Å². The minimum atomic E-state index is -4.45. The molecule has 172 valence electrons. The van der Waals surface area contributed by atoms with Crippen molar-refractivity contribution in [2.45, 2.75) is 57.7 Å². The zero-order valence-electron chi connectivity index (χ0n) is 18.8. The molecule has 1 unspecified atom stereocenters. The number of benzene rings is 2. The number of aryl methyl sites for hydroxylation is 3. The molecule has 6 heteroatoms. The first kappa shape index (κ1) is 24.1. The molecule has 2 aromatic carbocycles. The van der Waals surface area contributed by atoms with Crippen molar-refractivity contribution < 1.29 is 17.9 Å². The zero-order chi connectivity index (χ0) is 23.1. The average Bonchev–Trinajstić information content (AvgIpc) is 3.31. The van der Waals surface area contributed by atoms with Crippen LogP contribution in [0.5, 0.6) is 0 Å². The van der Waals surface area contributed by atoms with Crippen LogP contribution in [0.1, 0.15) is 54.0 Å². The Morgan fingerprint density at radius 3 is 2.34 bits per heavy atom. The highest BCUT2D eigenvalue weighted by Crippen LogP contribution is 2.34. The maximum Gasteiger partial charge on any atom is 0.416 e. The normalized spacial score (nSPS) is 16.9. The summed E-state index contributed by atoms with van der Waals surface area (Å²) in [6, 6.07) is 12.5. The van der Waals surface area contributed by atoms with Crippen molar-refractivity contribution in [3.63, 3.8) is 0 Å². The van der Waals surface area contributed by atoms with Crippen LogP contribution in [-0.4, -0.2) is 25.6 Å². The average molecular weight is 445 g/mol. The summed E-state index contributed by atoms with van der Waals surface area (Å²) in [7, 11) is 1.52. The van der Waals surface area contributed by atoms with Gasteiger partial charge in [0.25, 0.3) is 0 Å². The van der Waals surface area contributed by atoms with E-state index in [0.29, 0.717) is 24.3 Å². The van der Waals surface area contributed by atoms with Crippen molar-refractivity contribution in [2.24, 2.45) is 4.99 Å². The molecule has 2 aromatic rings. The first-order valence-corrected chi connectivity index (χ1v) is 11.1. The number of ether oxygens (including phenoxy) is 1. The molecule has 0 aromatic heterocycles. The molecule has 0 aliphatic carbocycles. The van der Waals surface area contributed by atoms with Gasteiger partial charge in [-0.3, -0.25) is 0 Å². The summed E-state index contributed by atoms with van der Waals surface area (Å²) in [6.45, 7) is 6.88. The molecule has 32 heavy (non-hydrogen) atoms. The number of halogens is 3. The van der Waals surface area contributed by atoms with Crippen LogP contribution >= 0.6 is 0 Å². The van der Waals surface area contributed by atoms with E-state index in [1.807, 2.05) is 12.1 Å². The molecule has 1 saturated heterocycles. The summed E-state index contributed by atoms with van der Waals surface area (Å²) < 4.78 is 46.9. The maximum atomic E-state index is 13.8. The van der Waals surface area contributed by atoms with Gasteiger partial charge in [0, 0.05) is 5.56 Å². The first-order valence-electron chi connectivity index (χ1n) is 11.1. The van der Waals surface area contributed by atoms with E-state index in [1.165, 1.54) is 12.7 Å². The van der Waals surface area contributed by atoms with Crippen LogP contribution in [0, 0.1) is 0 Å². The molecular weight excluding hydrogens is 413 g/mol. The van der Waals surface area contributed by atoms with E-state index >= 15 is 0 Å². The molecule has 1 fully saturated rings. The van der Waals surface area contributed by atoms with Crippen molar-refractivity contribution >= 4 is 11.6 Å². The lowest BCUT2D eigenvalue weighted by atomic mass is 9.96. The number of hydrogen-bond donors (Lipinski definition) is 1. The Morgan fingerprint density at radius 2 is 1.78 bits per heavy atom. The van der Waals surface area contributed by atoms with Crippen molar-refractivity contribution in [2.75, 3.05) is 13.7 Å². The third-order valence-electron chi connectivity index (χ3n) is 5.81. The Hall–Kier alpha value is -2.60. The van der Waals surface area contributed by atoms with Crippen molar-refractivity contribution in [3.8, 4) is 0 Å². The zero-order valence-corrected chi connectivity index (χ0v) is 18.8. The Kier molecular flexibility index (Phi) is 8.13. The number of alkyl halides is 3. The summed E-state index contributed by atoms with van der Waals surface area (Å²) >= 11 is 0. The van der Waals surface area contributed by atoms with Gasteiger partial charge in [0.2, 0.25) is 5.90 Å². The summed E-state index contributed by atoms with van der Waals surface area (Å²) in [5.74, 6) is 0.455. The van der Waals surface area contributed by atoms with Crippen LogP contribution in [0.2, 0.25) is 0 Å². The fourth-order valence-electron chi connectivity index (χ4n) is 4.04. The van der Waals surface area contributed by atoms with Crippen LogP contribution < -0.4 is 5.32 Å². The Labute approximate surface area is 188 Å². The monoisotopic (exact) mass is 444 g/mol. The van der Waals surface area contributed by atoms with E-state index < -0.39 is 11.7 Å². The molecule has 1 aliphatic rings. The quantitative estimate of drug-likeness (QED) is 0.388. The predicted molar refractivity (Wildman–Crippen MR) is 124 cm³/mol. The van der Waals surface area contributed by atoms with Gasteiger partial charge in [0.1, 0.15) is 0 Å². The highest BCUT2D eigenvalue weighted by atomic mass is 19.4. The molecule has 0 saturated carbocycles. The fourth-order valence-corrected chi connectivity index (χ4v) is 4.04. The van der Waals surface area contributed by atoms with Crippen LogP contribution in [0.15, 0.2) is 54.0 Å². The molecule has 0 spiro atoms. The number of methoxy groups -OCH3 is 1. The van der Waals surface area contributed by atoms with E-state index in [-0.39, 0.29) is 17.3 Å². The van der Waals surface area contributed by atoms with E-state index in [0.717, 1.165) is 43.9 Å². The smallest absolute Gasteiger partial charge is 0.416 e. The molecule has 3 rings (SSSR count). The van der Waals surface area contributed by atoms with E-state index in [4.69, 9.17) is 4.74 Å².